The first-order valence-corrected chi connectivity index (χ1v) is 8.61. The van der Waals surface area contributed by atoms with Gasteiger partial charge in [-0.05, 0) is 24.8 Å². The number of nitrogens with zero attached hydrogens (tertiary/aromatic N) is 3. The van der Waals surface area contributed by atoms with Crippen LogP contribution in [0.3, 0.4) is 0 Å². The Morgan fingerprint density at radius 2 is 1.88 bits per heavy atom. The molecular formula is C20H24N4O. The van der Waals surface area contributed by atoms with Crippen LogP contribution in [0.15, 0.2) is 54.7 Å². The number of pyridine rings is 1. The summed E-state index contributed by atoms with van der Waals surface area (Å²) in [4.78, 5) is 21.2. The summed E-state index contributed by atoms with van der Waals surface area (Å²) >= 11 is 0. The molecule has 1 aromatic carbocycles. The Morgan fingerprint density at radius 1 is 1.12 bits per heavy atom. The van der Waals surface area contributed by atoms with Crippen molar-refractivity contribution in [3.05, 3.63) is 65.9 Å². The molecule has 1 fully saturated rings. The minimum atomic E-state index is -0.1000. The fourth-order valence-electron chi connectivity index (χ4n) is 2.85. The third-order valence-corrected chi connectivity index (χ3v) is 4.35. The van der Waals surface area contributed by atoms with E-state index in [9.17, 15) is 4.79 Å². The van der Waals surface area contributed by atoms with Crippen LogP contribution in [0.25, 0.3) is 6.08 Å². The molecule has 1 amide bonds. The maximum atomic E-state index is 12.1. The molecule has 0 bridgehead atoms. The summed E-state index contributed by atoms with van der Waals surface area (Å²) in [5.41, 5.74) is 2.06. The minimum absolute atomic E-state index is 0.1000. The normalized spacial score (nSPS) is 15.5. The summed E-state index contributed by atoms with van der Waals surface area (Å²) in [6, 6.07) is 13.8. The van der Waals surface area contributed by atoms with Crippen molar-refractivity contribution in [3.8, 4) is 0 Å². The van der Waals surface area contributed by atoms with E-state index in [2.05, 4.69) is 27.1 Å². The predicted octanol–water partition coefficient (Wildman–Crippen LogP) is 2.16. The van der Waals surface area contributed by atoms with Gasteiger partial charge in [-0.3, -0.25) is 4.79 Å². The highest BCUT2D eigenvalue weighted by atomic mass is 16.1. The standard InChI is InChI=1S/C20H24N4O/c1-23-12-14-24(15-13-23)20-18(8-5-11-21-20)16-22-19(25)10-9-17-6-3-2-4-7-17/h2-11H,12-16H2,1H3,(H,22,25)/b10-9+. The number of nitrogens with one attached hydrogen (secondary N) is 1. The molecule has 0 atom stereocenters. The lowest BCUT2D eigenvalue weighted by Gasteiger charge is -2.34. The van der Waals surface area contributed by atoms with Gasteiger partial charge in [0, 0.05) is 50.6 Å². The van der Waals surface area contributed by atoms with Crippen molar-refractivity contribution in [1.29, 1.82) is 0 Å². The first kappa shape index (κ1) is 17.2. The fourth-order valence-corrected chi connectivity index (χ4v) is 2.85. The van der Waals surface area contributed by atoms with Crippen molar-refractivity contribution in [3.63, 3.8) is 0 Å². The molecular weight excluding hydrogens is 312 g/mol. The van der Waals surface area contributed by atoms with Gasteiger partial charge in [-0.25, -0.2) is 4.98 Å². The van der Waals surface area contributed by atoms with Gasteiger partial charge in [0.25, 0.3) is 0 Å². The van der Waals surface area contributed by atoms with E-state index in [1.54, 1.807) is 6.08 Å². The van der Waals surface area contributed by atoms with Crippen LogP contribution in [0.5, 0.6) is 0 Å². The number of hydrogen-bond acceptors (Lipinski definition) is 4. The van der Waals surface area contributed by atoms with E-state index in [1.165, 1.54) is 0 Å². The Bertz CT molecular complexity index is 721. The van der Waals surface area contributed by atoms with Crippen LogP contribution in [-0.4, -0.2) is 49.0 Å². The van der Waals surface area contributed by atoms with Gasteiger partial charge < -0.3 is 15.1 Å². The molecule has 2 heterocycles. The second kappa shape index (κ2) is 8.44. The quantitative estimate of drug-likeness (QED) is 0.850. The van der Waals surface area contributed by atoms with Crippen LogP contribution in [0.4, 0.5) is 5.82 Å². The number of benzene rings is 1. The zero-order valence-corrected chi connectivity index (χ0v) is 14.6. The largest absolute Gasteiger partial charge is 0.354 e. The molecule has 1 aromatic heterocycles. The lowest BCUT2D eigenvalue weighted by molar-refractivity contribution is -0.116. The fraction of sp³-hybridized carbons (Fsp3) is 0.300. The lowest BCUT2D eigenvalue weighted by atomic mass is 10.2. The molecule has 1 aliphatic heterocycles. The minimum Gasteiger partial charge on any atom is -0.354 e. The highest BCUT2D eigenvalue weighted by Gasteiger charge is 2.17. The molecule has 1 N–H and O–H groups in total. The van der Waals surface area contributed by atoms with Crippen LogP contribution in [-0.2, 0) is 11.3 Å². The van der Waals surface area contributed by atoms with Gasteiger partial charge in [-0.1, -0.05) is 36.4 Å². The Hall–Kier alpha value is -2.66. The van der Waals surface area contributed by atoms with Crippen molar-refractivity contribution < 1.29 is 4.79 Å². The van der Waals surface area contributed by atoms with Crippen LogP contribution in [0.2, 0.25) is 0 Å². The first-order valence-electron chi connectivity index (χ1n) is 8.61. The number of piperazine rings is 1. The van der Waals surface area contributed by atoms with Crippen LogP contribution >= 0.6 is 0 Å². The van der Waals surface area contributed by atoms with Crippen LogP contribution in [0, 0.1) is 0 Å². The molecule has 3 rings (SSSR count). The highest BCUT2D eigenvalue weighted by Crippen LogP contribution is 2.18. The topological polar surface area (TPSA) is 48.5 Å². The summed E-state index contributed by atoms with van der Waals surface area (Å²) in [5, 5.41) is 2.95. The average molecular weight is 336 g/mol. The number of anilines is 1. The second-order valence-electron chi connectivity index (χ2n) is 6.24. The van der Waals surface area contributed by atoms with E-state index in [1.807, 2.05) is 54.7 Å². The van der Waals surface area contributed by atoms with Crippen molar-refractivity contribution >= 4 is 17.8 Å². The summed E-state index contributed by atoms with van der Waals surface area (Å²) in [5.74, 6) is 0.875. The predicted molar refractivity (Wildman–Crippen MR) is 101 cm³/mol. The van der Waals surface area contributed by atoms with Crippen molar-refractivity contribution in [2.75, 3.05) is 38.1 Å². The maximum absolute atomic E-state index is 12.1. The highest BCUT2D eigenvalue weighted by molar-refractivity contribution is 5.91. The average Bonchev–Trinajstić information content (AvgIpc) is 2.66. The van der Waals surface area contributed by atoms with Crippen LogP contribution in [0.1, 0.15) is 11.1 Å². The lowest BCUT2D eigenvalue weighted by Crippen LogP contribution is -2.45. The Morgan fingerprint density at radius 3 is 2.64 bits per heavy atom. The summed E-state index contributed by atoms with van der Waals surface area (Å²) in [6.45, 7) is 4.46. The van der Waals surface area contributed by atoms with Crippen molar-refractivity contribution in [1.82, 2.24) is 15.2 Å². The van der Waals surface area contributed by atoms with Crippen molar-refractivity contribution in [2.24, 2.45) is 0 Å². The number of amides is 1. The molecule has 1 saturated heterocycles. The third kappa shape index (κ3) is 4.90. The van der Waals surface area contributed by atoms with Gasteiger partial charge >= 0.3 is 0 Å². The van der Waals surface area contributed by atoms with E-state index in [-0.39, 0.29) is 5.91 Å². The monoisotopic (exact) mass is 336 g/mol. The van der Waals surface area contributed by atoms with Gasteiger partial charge in [0.05, 0.1) is 0 Å². The molecule has 0 spiro atoms. The van der Waals surface area contributed by atoms with Crippen molar-refractivity contribution in [2.45, 2.75) is 6.54 Å². The second-order valence-corrected chi connectivity index (χ2v) is 6.24. The molecule has 0 saturated carbocycles. The SMILES string of the molecule is CN1CCN(c2ncccc2CNC(=O)/C=C/c2ccccc2)CC1. The van der Waals surface area contributed by atoms with Gasteiger partial charge in [0.15, 0.2) is 0 Å². The van der Waals surface area contributed by atoms with Crippen LogP contribution < -0.4 is 10.2 Å². The van der Waals surface area contributed by atoms with Gasteiger partial charge in [-0.2, -0.15) is 0 Å². The Balaban J connectivity index is 1.59. The van der Waals surface area contributed by atoms with E-state index >= 15 is 0 Å². The van der Waals surface area contributed by atoms with E-state index < -0.39 is 0 Å². The molecule has 25 heavy (non-hydrogen) atoms. The number of hydrogen-bond donors (Lipinski definition) is 1. The molecule has 5 nitrogen and oxygen atoms in total. The number of likely N-dealkylation sites (N-methyl/N-ethyl adjacent to an activating group) is 1. The molecule has 0 unspecified atom stereocenters. The third-order valence-electron chi connectivity index (χ3n) is 4.35. The van der Waals surface area contributed by atoms with Gasteiger partial charge in [-0.15, -0.1) is 0 Å². The number of carbonyl (C=O) groups excluding carboxylic acids is 1. The summed E-state index contributed by atoms with van der Waals surface area (Å²) in [6.07, 6.45) is 5.20. The zero-order valence-electron chi connectivity index (χ0n) is 14.6. The zero-order chi connectivity index (χ0) is 17.5. The molecule has 0 aliphatic carbocycles. The van der Waals surface area contributed by atoms with Gasteiger partial charge in [0.2, 0.25) is 5.91 Å². The molecule has 2 aromatic rings. The molecule has 5 heteroatoms. The Kier molecular flexibility index (Phi) is 5.80. The van der Waals surface area contributed by atoms with E-state index in [0.717, 1.165) is 43.1 Å². The number of carbonyl (C=O) groups is 1. The maximum Gasteiger partial charge on any atom is 0.244 e. The summed E-state index contributed by atoms with van der Waals surface area (Å²) < 4.78 is 0. The molecule has 0 radical (unpaired) electrons. The smallest absolute Gasteiger partial charge is 0.244 e. The van der Waals surface area contributed by atoms with E-state index in [0.29, 0.717) is 6.54 Å². The molecule has 130 valence electrons. The number of rotatable bonds is 5. The Labute approximate surface area is 149 Å². The molecule has 1 aliphatic rings. The first-order chi connectivity index (χ1) is 12.2. The summed E-state index contributed by atoms with van der Waals surface area (Å²) in [7, 11) is 2.13. The van der Waals surface area contributed by atoms with E-state index in [4.69, 9.17) is 0 Å². The van der Waals surface area contributed by atoms with Gasteiger partial charge in [0.1, 0.15) is 5.82 Å². The number of aromatic nitrogens is 1.